The van der Waals surface area contributed by atoms with Crippen LogP contribution in [0.25, 0.3) is 21.5 Å². The van der Waals surface area contributed by atoms with Crippen molar-refractivity contribution < 1.29 is 0 Å². The molecule has 6 rings (SSSR count). The van der Waals surface area contributed by atoms with Gasteiger partial charge in [0.25, 0.3) is 0 Å². The summed E-state index contributed by atoms with van der Waals surface area (Å²) in [7, 11) is 0. The smallest absolute Gasteiger partial charge is 0.0998 e. The highest BCUT2D eigenvalue weighted by Crippen LogP contribution is 2.51. The van der Waals surface area contributed by atoms with Crippen LogP contribution < -0.4 is 4.90 Å². The standard InChI is InChI=1S/C30H22N2/c1-30(2)26-11-5-7-13-28(26)32(29-14-8-6-12-27(29)30)22-15-16-24-20(18-22)17-21(19-31)23-9-3-4-10-25(23)24/h3-18H,1-2H3. The van der Waals surface area contributed by atoms with Gasteiger partial charge >= 0.3 is 0 Å². The van der Waals surface area contributed by atoms with Gasteiger partial charge in [-0.1, -0.05) is 80.6 Å². The molecular weight excluding hydrogens is 388 g/mol. The van der Waals surface area contributed by atoms with Crippen LogP contribution in [0.2, 0.25) is 0 Å². The molecule has 0 N–H and O–H groups in total. The molecule has 1 aliphatic rings. The third-order valence-electron chi connectivity index (χ3n) is 6.86. The molecule has 5 aromatic carbocycles. The summed E-state index contributed by atoms with van der Waals surface area (Å²) in [5.74, 6) is 0. The molecule has 0 saturated heterocycles. The maximum atomic E-state index is 9.77. The number of nitriles is 1. The third kappa shape index (κ3) is 2.52. The predicted molar refractivity (Wildman–Crippen MR) is 133 cm³/mol. The van der Waals surface area contributed by atoms with Crippen molar-refractivity contribution in [3.8, 4) is 6.07 Å². The Labute approximate surface area is 188 Å². The maximum absolute atomic E-state index is 9.77. The zero-order valence-corrected chi connectivity index (χ0v) is 18.1. The molecule has 152 valence electrons. The summed E-state index contributed by atoms with van der Waals surface area (Å²) < 4.78 is 0. The number of hydrogen-bond acceptors (Lipinski definition) is 2. The van der Waals surface area contributed by atoms with Crippen molar-refractivity contribution >= 4 is 38.6 Å². The highest BCUT2D eigenvalue weighted by atomic mass is 15.2. The Balaban J connectivity index is 1.65. The topological polar surface area (TPSA) is 27.0 Å². The van der Waals surface area contributed by atoms with Gasteiger partial charge in [-0.05, 0) is 57.6 Å². The number of anilines is 3. The lowest BCUT2D eigenvalue weighted by Crippen LogP contribution is -2.30. The van der Waals surface area contributed by atoms with Gasteiger partial charge in [0.2, 0.25) is 0 Å². The fourth-order valence-corrected chi connectivity index (χ4v) is 5.28. The Kier molecular flexibility index (Phi) is 3.91. The van der Waals surface area contributed by atoms with E-state index in [1.165, 1.54) is 27.9 Å². The summed E-state index contributed by atoms with van der Waals surface area (Å²) in [5, 5.41) is 14.1. The van der Waals surface area contributed by atoms with E-state index in [1.807, 2.05) is 24.3 Å². The molecule has 5 aromatic rings. The average Bonchev–Trinajstić information content (AvgIpc) is 2.83. The van der Waals surface area contributed by atoms with Crippen molar-refractivity contribution in [1.82, 2.24) is 0 Å². The van der Waals surface area contributed by atoms with Crippen LogP contribution in [0.5, 0.6) is 0 Å². The van der Waals surface area contributed by atoms with Crippen molar-refractivity contribution in [3.05, 3.63) is 114 Å². The van der Waals surface area contributed by atoms with Crippen molar-refractivity contribution in [3.63, 3.8) is 0 Å². The minimum Gasteiger partial charge on any atom is -0.310 e. The number of hydrogen-bond donors (Lipinski definition) is 0. The number of para-hydroxylation sites is 2. The second-order valence-corrected chi connectivity index (χ2v) is 8.98. The van der Waals surface area contributed by atoms with Gasteiger partial charge < -0.3 is 4.90 Å². The normalized spacial score (nSPS) is 14.1. The van der Waals surface area contributed by atoms with Gasteiger partial charge in [0.1, 0.15) is 0 Å². The molecule has 1 heterocycles. The molecule has 0 spiro atoms. The highest BCUT2D eigenvalue weighted by Gasteiger charge is 2.36. The van der Waals surface area contributed by atoms with E-state index in [-0.39, 0.29) is 5.41 Å². The third-order valence-corrected chi connectivity index (χ3v) is 6.86. The summed E-state index contributed by atoms with van der Waals surface area (Å²) in [6.45, 7) is 4.60. The largest absolute Gasteiger partial charge is 0.310 e. The summed E-state index contributed by atoms with van der Waals surface area (Å²) in [6, 6.07) is 36.5. The molecule has 0 atom stereocenters. The molecule has 0 aliphatic carbocycles. The van der Waals surface area contributed by atoms with E-state index in [4.69, 9.17) is 0 Å². The maximum Gasteiger partial charge on any atom is 0.0998 e. The first kappa shape index (κ1) is 18.7. The van der Waals surface area contributed by atoms with E-state index in [1.54, 1.807) is 0 Å². The molecule has 0 fully saturated rings. The van der Waals surface area contributed by atoms with E-state index in [0.29, 0.717) is 5.56 Å². The van der Waals surface area contributed by atoms with Crippen LogP contribution in [-0.2, 0) is 5.41 Å². The molecule has 0 amide bonds. The summed E-state index contributed by atoms with van der Waals surface area (Å²) in [6.07, 6.45) is 0. The first-order valence-electron chi connectivity index (χ1n) is 10.9. The van der Waals surface area contributed by atoms with E-state index < -0.39 is 0 Å². The van der Waals surface area contributed by atoms with E-state index >= 15 is 0 Å². The van der Waals surface area contributed by atoms with Gasteiger partial charge in [0.05, 0.1) is 23.0 Å². The van der Waals surface area contributed by atoms with Crippen LogP contribution >= 0.6 is 0 Å². The minimum absolute atomic E-state index is 0.0787. The van der Waals surface area contributed by atoms with Crippen molar-refractivity contribution in [1.29, 1.82) is 5.26 Å². The van der Waals surface area contributed by atoms with Crippen LogP contribution in [0, 0.1) is 11.3 Å². The van der Waals surface area contributed by atoms with Gasteiger partial charge in [0.15, 0.2) is 0 Å². The second-order valence-electron chi connectivity index (χ2n) is 8.98. The highest BCUT2D eigenvalue weighted by molar-refractivity contribution is 6.11. The van der Waals surface area contributed by atoms with Crippen molar-refractivity contribution in [2.75, 3.05) is 4.90 Å². The molecule has 0 bridgehead atoms. The molecule has 32 heavy (non-hydrogen) atoms. The Morgan fingerprint density at radius 2 is 1.25 bits per heavy atom. The minimum atomic E-state index is -0.0787. The molecule has 1 aliphatic heterocycles. The quantitative estimate of drug-likeness (QED) is 0.262. The van der Waals surface area contributed by atoms with Crippen LogP contribution in [-0.4, -0.2) is 0 Å². The van der Waals surface area contributed by atoms with Crippen LogP contribution in [0.3, 0.4) is 0 Å². The molecular formula is C30H22N2. The molecule has 0 aromatic heterocycles. The lowest BCUT2D eigenvalue weighted by Gasteiger charge is -2.42. The molecule has 2 heteroatoms. The first-order chi connectivity index (χ1) is 15.6. The SMILES string of the molecule is CC1(C)c2ccccc2N(c2ccc3c(c2)cc(C#N)c2ccccc23)c2ccccc21. The van der Waals surface area contributed by atoms with Gasteiger partial charge in [-0.3, -0.25) is 0 Å². The first-order valence-corrected chi connectivity index (χ1v) is 10.9. The van der Waals surface area contributed by atoms with Gasteiger partial charge in [0, 0.05) is 16.5 Å². The van der Waals surface area contributed by atoms with Crippen molar-refractivity contribution in [2.24, 2.45) is 0 Å². The lowest BCUT2D eigenvalue weighted by atomic mass is 9.73. The van der Waals surface area contributed by atoms with E-state index in [0.717, 1.165) is 21.8 Å². The van der Waals surface area contributed by atoms with Crippen molar-refractivity contribution in [2.45, 2.75) is 19.3 Å². The number of fused-ring (bicyclic) bond motifs is 5. The Morgan fingerprint density at radius 1 is 0.656 bits per heavy atom. The van der Waals surface area contributed by atoms with Crippen LogP contribution in [0.15, 0.2) is 97.1 Å². The second kappa shape index (κ2) is 6.70. The zero-order valence-electron chi connectivity index (χ0n) is 18.1. The monoisotopic (exact) mass is 410 g/mol. The molecule has 0 unspecified atom stereocenters. The van der Waals surface area contributed by atoms with Crippen LogP contribution in [0.4, 0.5) is 17.1 Å². The number of rotatable bonds is 1. The molecule has 0 radical (unpaired) electrons. The number of benzene rings is 5. The average molecular weight is 411 g/mol. The molecule has 0 saturated carbocycles. The van der Waals surface area contributed by atoms with Gasteiger partial charge in [-0.2, -0.15) is 5.26 Å². The van der Waals surface area contributed by atoms with E-state index in [2.05, 4.69) is 97.6 Å². The fraction of sp³-hybridized carbons (Fsp3) is 0.100. The Morgan fingerprint density at radius 3 is 1.91 bits per heavy atom. The Hall–Kier alpha value is -4.09. The van der Waals surface area contributed by atoms with Gasteiger partial charge in [-0.25, -0.2) is 0 Å². The zero-order chi connectivity index (χ0) is 21.9. The van der Waals surface area contributed by atoms with E-state index in [9.17, 15) is 5.26 Å². The fourth-order valence-electron chi connectivity index (χ4n) is 5.28. The van der Waals surface area contributed by atoms with Crippen LogP contribution in [0.1, 0.15) is 30.5 Å². The predicted octanol–water partition coefficient (Wildman–Crippen LogP) is 7.97. The lowest BCUT2D eigenvalue weighted by molar-refractivity contribution is 0.632. The summed E-state index contributed by atoms with van der Waals surface area (Å²) >= 11 is 0. The number of nitrogens with zero attached hydrogens (tertiary/aromatic N) is 2. The van der Waals surface area contributed by atoms with Gasteiger partial charge in [-0.15, -0.1) is 0 Å². The molecule has 2 nitrogen and oxygen atoms in total. The summed E-state index contributed by atoms with van der Waals surface area (Å²) in [4.78, 5) is 2.36. The Bertz CT molecular complexity index is 1520. The summed E-state index contributed by atoms with van der Waals surface area (Å²) in [5.41, 5.74) is 6.78.